The van der Waals surface area contributed by atoms with Gasteiger partial charge in [-0.1, -0.05) is 60.7 Å². The van der Waals surface area contributed by atoms with E-state index in [4.69, 9.17) is 0 Å². The molecule has 0 aliphatic carbocycles. The second-order valence-electron chi connectivity index (χ2n) is 4.78. The number of ketones is 1. The molecule has 102 valence electrons. The smallest absolute Gasteiger partial charge is 0.230 e. The Hall–Kier alpha value is -2.81. The van der Waals surface area contributed by atoms with Crippen molar-refractivity contribution in [2.24, 2.45) is 0 Å². The third kappa shape index (κ3) is 2.87. The molecule has 3 rings (SSSR count). The number of hydrogen-bond acceptors (Lipinski definition) is 3. The van der Waals surface area contributed by atoms with Crippen LogP contribution in [-0.4, -0.2) is 15.8 Å². The highest BCUT2D eigenvalue weighted by Gasteiger charge is 2.14. The summed E-state index contributed by atoms with van der Waals surface area (Å²) >= 11 is 0. The van der Waals surface area contributed by atoms with Crippen molar-refractivity contribution in [3.8, 4) is 11.3 Å². The molecule has 0 saturated heterocycles. The van der Waals surface area contributed by atoms with Crippen LogP contribution in [0, 0.1) is 6.92 Å². The summed E-state index contributed by atoms with van der Waals surface area (Å²) in [6.07, 6.45) is 0. The lowest BCUT2D eigenvalue weighted by molar-refractivity contribution is 0.102. The summed E-state index contributed by atoms with van der Waals surface area (Å²) in [5, 5.41) is 0. The van der Waals surface area contributed by atoms with Crippen molar-refractivity contribution in [2.45, 2.75) is 6.92 Å². The largest absolute Gasteiger partial charge is 0.285 e. The van der Waals surface area contributed by atoms with E-state index in [2.05, 4.69) is 9.97 Å². The van der Waals surface area contributed by atoms with Gasteiger partial charge in [0.2, 0.25) is 11.6 Å². The van der Waals surface area contributed by atoms with E-state index in [0.717, 1.165) is 17.0 Å². The summed E-state index contributed by atoms with van der Waals surface area (Å²) in [5.41, 5.74) is 3.12. The van der Waals surface area contributed by atoms with Gasteiger partial charge >= 0.3 is 0 Å². The second kappa shape index (κ2) is 5.67. The van der Waals surface area contributed by atoms with E-state index in [1.165, 1.54) is 0 Å². The molecule has 0 saturated carbocycles. The number of nitrogens with zero attached hydrogens (tertiary/aromatic N) is 2. The molecule has 3 aromatic rings. The van der Waals surface area contributed by atoms with Crippen LogP contribution in [0.2, 0.25) is 0 Å². The topological polar surface area (TPSA) is 42.9 Å². The normalized spacial score (nSPS) is 10.3. The fourth-order valence-electron chi connectivity index (χ4n) is 2.15. The van der Waals surface area contributed by atoms with Crippen molar-refractivity contribution >= 4 is 5.78 Å². The van der Waals surface area contributed by atoms with Gasteiger partial charge in [-0.05, 0) is 13.0 Å². The molecular formula is C18H14N2O. The Balaban J connectivity index is 2.05. The lowest BCUT2D eigenvalue weighted by Crippen LogP contribution is -2.08. The third-order valence-electron chi connectivity index (χ3n) is 3.16. The van der Waals surface area contributed by atoms with E-state index in [1.807, 2.05) is 61.5 Å². The molecule has 3 heteroatoms. The van der Waals surface area contributed by atoms with E-state index >= 15 is 0 Å². The molecule has 0 unspecified atom stereocenters. The SMILES string of the molecule is Cc1cc(-c2ccccc2)nc(C(=O)c2ccccc2)n1. The van der Waals surface area contributed by atoms with Crippen molar-refractivity contribution in [3.05, 3.63) is 83.8 Å². The highest BCUT2D eigenvalue weighted by atomic mass is 16.1. The first-order valence-corrected chi connectivity index (χ1v) is 6.75. The minimum absolute atomic E-state index is 0.156. The average Bonchev–Trinajstić information content (AvgIpc) is 2.55. The summed E-state index contributed by atoms with van der Waals surface area (Å²) in [4.78, 5) is 21.2. The van der Waals surface area contributed by atoms with E-state index in [9.17, 15) is 4.79 Å². The Morgan fingerprint density at radius 3 is 2.14 bits per heavy atom. The van der Waals surface area contributed by atoms with Crippen LogP contribution in [0.3, 0.4) is 0 Å². The summed E-state index contributed by atoms with van der Waals surface area (Å²) in [7, 11) is 0. The maximum atomic E-state index is 12.5. The van der Waals surface area contributed by atoms with Crippen molar-refractivity contribution in [1.82, 2.24) is 9.97 Å². The maximum absolute atomic E-state index is 12.5. The Kier molecular flexibility index (Phi) is 3.56. The molecule has 0 radical (unpaired) electrons. The predicted octanol–water partition coefficient (Wildman–Crippen LogP) is 3.68. The molecule has 3 nitrogen and oxygen atoms in total. The van der Waals surface area contributed by atoms with Gasteiger partial charge in [0.15, 0.2) is 0 Å². The first kappa shape index (κ1) is 13.2. The lowest BCUT2D eigenvalue weighted by Gasteiger charge is -2.05. The van der Waals surface area contributed by atoms with Crippen LogP contribution in [0.25, 0.3) is 11.3 Å². The number of carbonyl (C=O) groups is 1. The first-order chi connectivity index (χ1) is 10.2. The molecule has 0 spiro atoms. The molecule has 0 aliphatic heterocycles. The molecule has 0 atom stereocenters. The Morgan fingerprint density at radius 1 is 0.857 bits per heavy atom. The zero-order chi connectivity index (χ0) is 14.7. The molecule has 1 aromatic heterocycles. The van der Waals surface area contributed by atoms with E-state index in [0.29, 0.717) is 5.56 Å². The summed E-state index contributed by atoms with van der Waals surface area (Å²) in [6.45, 7) is 1.87. The fourth-order valence-corrected chi connectivity index (χ4v) is 2.15. The van der Waals surface area contributed by atoms with Crippen LogP contribution in [0.4, 0.5) is 0 Å². The minimum Gasteiger partial charge on any atom is -0.285 e. The second-order valence-corrected chi connectivity index (χ2v) is 4.78. The van der Waals surface area contributed by atoms with Gasteiger partial charge in [-0.25, -0.2) is 9.97 Å². The minimum atomic E-state index is -0.156. The standard InChI is InChI=1S/C18H14N2O/c1-13-12-16(14-8-4-2-5-9-14)20-18(19-13)17(21)15-10-6-3-7-11-15/h2-12H,1H3. The fraction of sp³-hybridized carbons (Fsp3) is 0.0556. The van der Waals surface area contributed by atoms with Crippen LogP contribution < -0.4 is 0 Å². The summed E-state index contributed by atoms with van der Waals surface area (Å²) < 4.78 is 0. The Morgan fingerprint density at radius 2 is 1.48 bits per heavy atom. The number of benzene rings is 2. The molecular weight excluding hydrogens is 260 g/mol. The maximum Gasteiger partial charge on any atom is 0.230 e. The predicted molar refractivity (Wildman–Crippen MR) is 82.1 cm³/mol. The van der Waals surface area contributed by atoms with Crippen LogP contribution in [-0.2, 0) is 0 Å². The van der Waals surface area contributed by atoms with Gasteiger partial charge in [0.25, 0.3) is 0 Å². The molecule has 0 N–H and O–H groups in total. The molecule has 2 aromatic carbocycles. The van der Waals surface area contributed by atoms with E-state index < -0.39 is 0 Å². The van der Waals surface area contributed by atoms with Crippen molar-refractivity contribution < 1.29 is 4.79 Å². The summed E-state index contributed by atoms with van der Waals surface area (Å²) in [6, 6.07) is 20.8. The first-order valence-electron chi connectivity index (χ1n) is 6.75. The zero-order valence-corrected chi connectivity index (χ0v) is 11.7. The van der Waals surface area contributed by atoms with Gasteiger partial charge in [0.1, 0.15) is 0 Å². The number of aromatic nitrogens is 2. The number of aryl methyl sites for hydroxylation is 1. The van der Waals surface area contributed by atoms with Crippen molar-refractivity contribution in [3.63, 3.8) is 0 Å². The van der Waals surface area contributed by atoms with Crippen molar-refractivity contribution in [2.75, 3.05) is 0 Å². The van der Waals surface area contributed by atoms with E-state index in [1.54, 1.807) is 12.1 Å². The van der Waals surface area contributed by atoms with Gasteiger partial charge in [0, 0.05) is 16.8 Å². The van der Waals surface area contributed by atoms with Gasteiger partial charge in [0.05, 0.1) is 5.69 Å². The zero-order valence-electron chi connectivity index (χ0n) is 11.7. The van der Waals surface area contributed by atoms with Gasteiger partial charge in [-0.2, -0.15) is 0 Å². The quantitative estimate of drug-likeness (QED) is 0.684. The third-order valence-corrected chi connectivity index (χ3v) is 3.16. The highest BCUT2D eigenvalue weighted by molar-refractivity contribution is 6.06. The van der Waals surface area contributed by atoms with Crippen LogP contribution in [0.1, 0.15) is 21.9 Å². The molecule has 0 aliphatic rings. The summed E-state index contributed by atoms with van der Waals surface area (Å²) in [5.74, 6) is 0.0801. The molecule has 0 fully saturated rings. The van der Waals surface area contributed by atoms with Gasteiger partial charge < -0.3 is 0 Å². The molecule has 21 heavy (non-hydrogen) atoms. The number of hydrogen-bond donors (Lipinski definition) is 0. The molecule has 1 heterocycles. The Bertz CT molecular complexity index is 768. The monoisotopic (exact) mass is 274 g/mol. The van der Waals surface area contributed by atoms with Crippen molar-refractivity contribution in [1.29, 1.82) is 0 Å². The number of rotatable bonds is 3. The van der Waals surface area contributed by atoms with Gasteiger partial charge in [-0.15, -0.1) is 0 Å². The van der Waals surface area contributed by atoms with Crippen LogP contribution in [0.15, 0.2) is 66.7 Å². The Labute approximate surface area is 123 Å². The molecule has 0 amide bonds. The lowest BCUT2D eigenvalue weighted by atomic mass is 10.1. The van der Waals surface area contributed by atoms with Crippen LogP contribution >= 0.6 is 0 Å². The number of carbonyl (C=O) groups excluding carboxylic acids is 1. The van der Waals surface area contributed by atoms with Gasteiger partial charge in [-0.3, -0.25) is 4.79 Å². The highest BCUT2D eigenvalue weighted by Crippen LogP contribution is 2.18. The van der Waals surface area contributed by atoms with E-state index in [-0.39, 0.29) is 11.6 Å². The van der Waals surface area contributed by atoms with Crippen LogP contribution in [0.5, 0.6) is 0 Å². The average molecular weight is 274 g/mol. The molecule has 0 bridgehead atoms.